The molecular weight excluding hydrogens is 376 g/mol. The highest BCUT2D eigenvalue weighted by molar-refractivity contribution is 6.06. The zero-order chi connectivity index (χ0) is 21.1. The molecule has 1 N–H and O–H groups in total. The van der Waals surface area contributed by atoms with E-state index in [9.17, 15) is 9.59 Å². The molecule has 5 heteroatoms. The molecule has 0 bridgehead atoms. The summed E-state index contributed by atoms with van der Waals surface area (Å²) in [5, 5.41) is 3.63. The minimum absolute atomic E-state index is 0.322. The summed E-state index contributed by atoms with van der Waals surface area (Å²) >= 11 is 0. The Hall–Kier alpha value is -3.21. The molecule has 0 saturated carbocycles. The van der Waals surface area contributed by atoms with E-state index >= 15 is 0 Å². The van der Waals surface area contributed by atoms with Crippen LogP contribution in [0.25, 0.3) is 10.9 Å². The van der Waals surface area contributed by atoms with Gasteiger partial charge in [-0.1, -0.05) is 50.2 Å². The van der Waals surface area contributed by atoms with Crippen LogP contribution >= 0.6 is 0 Å². The summed E-state index contributed by atoms with van der Waals surface area (Å²) in [7, 11) is 0. The van der Waals surface area contributed by atoms with Gasteiger partial charge in [-0.2, -0.15) is 0 Å². The molecule has 0 spiro atoms. The predicted molar refractivity (Wildman–Crippen MR) is 118 cm³/mol. The Kier molecular flexibility index (Phi) is 5.79. The number of fused-ring (bicyclic) bond motifs is 2. The van der Waals surface area contributed by atoms with E-state index in [0.29, 0.717) is 11.5 Å². The summed E-state index contributed by atoms with van der Waals surface area (Å²) in [6, 6.07) is 15.3. The number of esters is 1. The van der Waals surface area contributed by atoms with Crippen LogP contribution < -0.4 is 5.32 Å². The quantitative estimate of drug-likeness (QED) is 0.627. The van der Waals surface area contributed by atoms with Gasteiger partial charge in [0.25, 0.3) is 5.91 Å². The molecule has 1 heterocycles. The number of nitrogens with zero attached hydrogens (tertiary/aromatic N) is 1. The highest BCUT2D eigenvalue weighted by Gasteiger charge is 2.26. The number of carbonyl (C=O) groups is 2. The number of para-hydroxylation sites is 2. The molecule has 4 rings (SSSR count). The van der Waals surface area contributed by atoms with Crippen molar-refractivity contribution in [2.24, 2.45) is 5.92 Å². The Morgan fingerprint density at radius 1 is 1.13 bits per heavy atom. The molecule has 1 amide bonds. The van der Waals surface area contributed by atoms with Crippen molar-refractivity contribution in [3.63, 3.8) is 0 Å². The Labute approximate surface area is 176 Å². The first-order valence-electron chi connectivity index (χ1n) is 10.5. The number of nitrogens with one attached hydrogen (secondary N) is 1. The molecule has 0 radical (unpaired) electrons. The first kappa shape index (κ1) is 20.1. The smallest absolute Gasteiger partial charge is 0.339 e. The minimum Gasteiger partial charge on any atom is -0.452 e. The molecule has 5 nitrogen and oxygen atoms in total. The van der Waals surface area contributed by atoms with Gasteiger partial charge >= 0.3 is 5.97 Å². The number of amides is 1. The summed E-state index contributed by atoms with van der Waals surface area (Å²) in [6.45, 7) is 3.90. The van der Waals surface area contributed by atoms with Crippen LogP contribution in [0, 0.1) is 5.92 Å². The van der Waals surface area contributed by atoms with Crippen LogP contribution in [0.5, 0.6) is 0 Å². The van der Waals surface area contributed by atoms with E-state index < -0.39 is 5.97 Å². The third kappa shape index (κ3) is 4.06. The zero-order valence-electron chi connectivity index (χ0n) is 17.4. The number of benzene rings is 2. The van der Waals surface area contributed by atoms with Gasteiger partial charge in [-0.15, -0.1) is 0 Å². The largest absolute Gasteiger partial charge is 0.452 e. The number of carbonyl (C=O) groups excluding carboxylic acids is 2. The number of ether oxygens (including phenoxy) is 1. The monoisotopic (exact) mass is 402 g/mol. The van der Waals surface area contributed by atoms with Crippen LogP contribution in [0.4, 0.5) is 5.69 Å². The Bertz CT molecular complexity index is 1110. The first-order valence-corrected chi connectivity index (χ1v) is 10.5. The van der Waals surface area contributed by atoms with E-state index in [1.54, 1.807) is 0 Å². The van der Waals surface area contributed by atoms with Crippen LogP contribution in [0.2, 0.25) is 0 Å². The summed E-state index contributed by atoms with van der Waals surface area (Å²) in [5.41, 5.74) is 5.08. The lowest BCUT2D eigenvalue weighted by Crippen LogP contribution is -2.24. The number of aromatic nitrogens is 1. The normalized spacial score (nSPS) is 15.5. The number of aryl methyl sites for hydroxylation is 2. The van der Waals surface area contributed by atoms with Gasteiger partial charge in [0, 0.05) is 16.8 Å². The maximum Gasteiger partial charge on any atom is 0.339 e. The maximum absolute atomic E-state index is 13.1. The lowest BCUT2D eigenvalue weighted by Gasteiger charge is -2.24. The number of anilines is 1. The Morgan fingerprint density at radius 3 is 2.73 bits per heavy atom. The van der Waals surface area contributed by atoms with Gasteiger partial charge in [0.15, 0.2) is 6.61 Å². The number of hydrogen-bond acceptors (Lipinski definition) is 4. The third-order valence-corrected chi connectivity index (χ3v) is 5.72. The summed E-state index contributed by atoms with van der Waals surface area (Å²) < 4.78 is 5.47. The van der Waals surface area contributed by atoms with Crippen molar-refractivity contribution in [2.75, 3.05) is 11.9 Å². The van der Waals surface area contributed by atoms with Crippen molar-refractivity contribution in [3.8, 4) is 0 Å². The summed E-state index contributed by atoms with van der Waals surface area (Å²) in [5.74, 6) is -0.316. The molecule has 0 aliphatic heterocycles. The molecule has 1 aliphatic carbocycles. The van der Waals surface area contributed by atoms with Crippen LogP contribution in [-0.2, 0) is 28.8 Å². The molecule has 30 heavy (non-hydrogen) atoms. The van der Waals surface area contributed by atoms with E-state index in [1.165, 1.54) is 0 Å². The van der Waals surface area contributed by atoms with Crippen LogP contribution in [0.15, 0.2) is 48.5 Å². The molecule has 154 valence electrons. The predicted octanol–water partition coefficient (Wildman–Crippen LogP) is 4.72. The van der Waals surface area contributed by atoms with E-state index in [0.717, 1.165) is 59.1 Å². The molecule has 1 atom stereocenters. The topological polar surface area (TPSA) is 68.3 Å². The molecule has 2 aromatic carbocycles. The second-order valence-electron chi connectivity index (χ2n) is 7.91. The lowest BCUT2D eigenvalue weighted by atomic mass is 9.84. The van der Waals surface area contributed by atoms with Crippen LogP contribution in [0.1, 0.15) is 47.4 Å². The van der Waals surface area contributed by atoms with E-state index in [2.05, 4.69) is 12.2 Å². The van der Waals surface area contributed by atoms with E-state index in [1.807, 2.05) is 55.5 Å². The zero-order valence-corrected chi connectivity index (χ0v) is 17.4. The van der Waals surface area contributed by atoms with Crippen molar-refractivity contribution in [1.29, 1.82) is 0 Å². The Morgan fingerprint density at radius 2 is 1.90 bits per heavy atom. The fourth-order valence-electron chi connectivity index (χ4n) is 4.14. The Balaban J connectivity index is 1.56. The fraction of sp³-hybridized carbons (Fsp3) is 0.320. The summed E-state index contributed by atoms with van der Waals surface area (Å²) in [6.07, 6.45) is 3.53. The molecule has 0 fully saturated rings. The van der Waals surface area contributed by atoms with Crippen molar-refractivity contribution in [2.45, 2.75) is 39.5 Å². The average Bonchev–Trinajstić information content (AvgIpc) is 2.76. The second kappa shape index (κ2) is 8.66. The first-order chi connectivity index (χ1) is 14.6. The average molecular weight is 402 g/mol. The number of hydrogen-bond donors (Lipinski definition) is 1. The lowest BCUT2D eigenvalue weighted by molar-refractivity contribution is -0.119. The second-order valence-corrected chi connectivity index (χ2v) is 7.91. The minimum atomic E-state index is -0.460. The molecule has 0 saturated heterocycles. The number of pyridine rings is 1. The van der Waals surface area contributed by atoms with Gasteiger partial charge in [0.05, 0.1) is 11.1 Å². The molecule has 1 unspecified atom stereocenters. The van der Waals surface area contributed by atoms with Crippen molar-refractivity contribution in [3.05, 3.63) is 70.9 Å². The van der Waals surface area contributed by atoms with E-state index in [-0.39, 0.29) is 12.5 Å². The summed E-state index contributed by atoms with van der Waals surface area (Å²) in [4.78, 5) is 30.3. The van der Waals surface area contributed by atoms with Gasteiger partial charge in [-0.25, -0.2) is 4.79 Å². The highest BCUT2D eigenvalue weighted by atomic mass is 16.5. The maximum atomic E-state index is 13.1. The molecule has 1 aliphatic rings. The van der Waals surface area contributed by atoms with Gasteiger partial charge < -0.3 is 10.1 Å². The highest BCUT2D eigenvalue weighted by Crippen LogP contribution is 2.32. The van der Waals surface area contributed by atoms with Gasteiger partial charge in [0.2, 0.25) is 0 Å². The van der Waals surface area contributed by atoms with Gasteiger partial charge in [-0.05, 0) is 54.9 Å². The number of rotatable bonds is 5. The molecule has 3 aromatic rings. The van der Waals surface area contributed by atoms with Crippen molar-refractivity contribution < 1.29 is 14.3 Å². The third-order valence-electron chi connectivity index (χ3n) is 5.72. The van der Waals surface area contributed by atoms with Crippen molar-refractivity contribution in [1.82, 2.24) is 4.98 Å². The fourth-order valence-corrected chi connectivity index (χ4v) is 4.14. The van der Waals surface area contributed by atoms with Gasteiger partial charge in [0.1, 0.15) is 0 Å². The van der Waals surface area contributed by atoms with Crippen LogP contribution in [-0.4, -0.2) is 23.5 Å². The van der Waals surface area contributed by atoms with E-state index in [4.69, 9.17) is 9.72 Å². The molecule has 1 aromatic heterocycles. The molecular formula is C25H26N2O3. The SMILES string of the molecule is CCc1ccccc1NC(=O)COC(=O)c1c2c(nc3ccccc13)CCC(C)C2. The van der Waals surface area contributed by atoms with Crippen molar-refractivity contribution >= 4 is 28.5 Å². The standard InChI is InChI=1S/C25H26N2O3/c1-3-17-8-4-6-10-20(17)27-23(28)15-30-25(29)24-18-9-5-7-11-21(18)26-22-13-12-16(2)14-19(22)24/h4-11,16H,3,12-15H2,1-2H3,(H,27,28). The van der Waals surface area contributed by atoms with Crippen LogP contribution in [0.3, 0.4) is 0 Å². The van der Waals surface area contributed by atoms with Gasteiger partial charge in [-0.3, -0.25) is 9.78 Å².